The third-order valence-corrected chi connectivity index (χ3v) is 3.68. The van der Waals surface area contributed by atoms with Crippen molar-refractivity contribution in [2.45, 2.75) is 32.5 Å². The predicted octanol–water partition coefficient (Wildman–Crippen LogP) is 3.65. The standard InChI is InChI=1S/C18H23FN2/c1-13-6-4-7-15(10-13)12-21(3)18(14(2)20)16-8-5-9-17(19)11-16/h4-11,14,18H,12,20H2,1-3H3. The van der Waals surface area contributed by atoms with Crippen molar-refractivity contribution in [2.24, 2.45) is 5.73 Å². The second kappa shape index (κ2) is 6.83. The molecule has 0 amide bonds. The van der Waals surface area contributed by atoms with Crippen LogP contribution in [-0.2, 0) is 6.54 Å². The van der Waals surface area contributed by atoms with Gasteiger partial charge >= 0.3 is 0 Å². The molecule has 112 valence electrons. The first-order chi connectivity index (χ1) is 9.97. The number of benzene rings is 2. The number of halogens is 1. The second-order valence-electron chi connectivity index (χ2n) is 5.76. The number of hydrogen-bond donors (Lipinski definition) is 1. The first kappa shape index (κ1) is 15.7. The van der Waals surface area contributed by atoms with Crippen molar-refractivity contribution in [2.75, 3.05) is 7.05 Å². The number of nitrogens with zero attached hydrogens (tertiary/aromatic N) is 1. The fourth-order valence-corrected chi connectivity index (χ4v) is 2.85. The summed E-state index contributed by atoms with van der Waals surface area (Å²) in [4.78, 5) is 2.17. The average molecular weight is 286 g/mol. The van der Waals surface area contributed by atoms with Crippen LogP contribution in [0.2, 0.25) is 0 Å². The normalized spacial score (nSPS) is 14.2. The topological polar surface area (TPSA) is 29.3 Å². The zero-order chi connectivity index (χ0) is 15.4. The van der Waals surface area contributed by atoms with Gasteiger partial charge in [-0.2, -0.15) is 0 Å². The molecule has 0 aliphatic carbocycles. The third-order valence-electron chi connectivity index (χ3n) is 3.68. The van der Waals surface area contributed by atoms with E-state index in [1.54, 1.807) is 12.1 Å². The molecule has 0 saturated heterocycles. The van der Waals surface area contributed by atoms with Gasteiger partial charge < -0.3 is 5.73 Å². The highest BCUT2D eigenvalue weighted by Crippen LogP contribution is 2.24. The zero-order valence-corrected chi connectivity index (χ0v) is 12.9. The Balaban J connectivity index is 2.22. The summed E-state index contributed by atoms with van der Waals surface area (Å²) in [6.45, 7) is 4.83. The van der Waals surface area contributed by atoms with Crippen LogP contribution in [0, 0.1) is 12.7 Å². The first-order valence-electron chi connectivity index (χ1n) is 7.24. The molecule has 2 rings (SSSR count). The molecular weight excluding hydrogens is 263 g/mol. The Labute approximate surface area is 126 Å². The van der Waals surface area contributed by atoms with Crippen LogP contribution in [0.15, 0.2) is 48.5 Å². The van der Waals surface area contributed by atoms with Gasteiger partial charge in [-0.15, -0.1) is 0 Å². The van der Waals surface area contributed by atoms with E-state index in [2.05, 4.69) is 36.1 Å². The number of rotatable bonds is 5. The highest BCUT2D eigenvalue weighted by Gasteiger charge is 2.21. The molecule has 0 spiro atoms. The van der Waals surface area contributed by atoms with Crippen LogP contribution < -0.4 is 5.73 Å². The number of likely N-dealkylation sites (N-methyl/N-ethyl adjacent to an activating group) is 1. The maximum Gasteiger partial charge on any atom is 0.123 e. The Morgan fingerprint density at radius 1 is 1.14 bits per heavy atom. The highest BCUT2D eigenvalue weighted by atomic mass is 19.1. The van der Waals surface area contributed by atoms with Gasteiger partial charge in [0.15, 0.2) is 0 Å². The van der Waals surface area contributed by atoms with Crippen LogP contribution in [0.4, 0.5) is 4.39 Å². The molecule has 0 fully saturated rings. The van der Waals surface area contributed by atoms with E-state index < -0.39 is 0 Å². The van der Waals surface area contributed by atoms with E-state index in [0.29, 0.717) is 0 Å². The molecule has 0 bridgehead atoms. The van der Waals surface area contributed by atoms with E-state index in [0.717, 1.165) is 12.1 Å². The molecule has 2 atom stereocenters. The monoisotopic (exact) mass is 286 g/mol. The SMILES string of the molecule is Cc1cccc(CN(C)C(c2cccc(F)c2)C(C)N)c1. The van der Waals surface area contributed by atoms with E-state index in [1.807, 2.05) is 20.0 Å². The molecule has 2 aromatic rings. The molecule has 0 radical (unpaired) electrons. The molecule has 2 aromatic carbocycles. The summed E-state index contributed by atoms with van der Waals surface area (Å²) in [5.41, 5.74) is 9.53. The molecule has 0 aromatic heterocycles. The minimum atomic E-state index is -0.220. The van der Waals surface area contributed by atoms with E-state index in [-0.39, 0.29) is 17.9 Å². The van der Waals surface area contributed by atoms with Crippen LogP contribution in [0.3, 0.4) is 0 Å². The van der Waals surface area contributed by atoms with Crippen LogP contribution in [0.25, 0.3) is 0 Å². The van der Waals surface area contributed by atoms with Gasteiger partial charge in [-0.1, -0.05) is 42.0 Å². The Morgan fingerprint density at radius 2 is 1.86 bits per heavy atom. The number of nitrogens with two attached hydrogens (primary N) is 1. The predicted molar refractivity (Wildman–Crippen MR) is 85.4 cm³/mol. The van der Waals surface area contributed by atoms with Crippen molar-refractivity contribution < 1.29 is 4.39 Å². The van der Waals surface area contributed by atoms with Crippen LogP contribution >= 0.6 is 0 Å². The van der Waals surface area contributed by atoms with Gasteiger partial charge in [0.25, 0.3) is 0 Å². The molecule has 2 nitrogen and oxygen atoms in total. The molecule has 0 aliphatic rings. The van der Waals surface area contributed by atoms with Crippen molar-refractivity contribution in [1.82, 2.24) is 4.90 Å². The van der Waals surface area contributed by atoms with E-state index in [1.165, 1.54) is 17.2 Å². The van der Waals surface area contributed by atoms with Gasteiger partial charge in [0.1, 0.15) is 5.82 Å². The van der Waals surface area contributed by atoms with Gasteiger partial charge in [0.05, 0.1) is 0 Å². The van der Waals surface area contributed by atoms with Crippen LogP contribution in [-0.4, -0.2) is 18.0 Å². The van der Waals surface area contributed by atoms with Crippen molar-refractivity contribution in [1.29, 1.82) is 0 Å². The summed E-state index contributed by atoms with van der Waals surface area (Å²) in [6.07, 6.45) is 0. The maximum atomic E-state index is 13.5. The van der Waals surface area contributed by atoms with E-state index in [4.69, 9.17) is 5.73 Å². The Hall–Kier alpha value is -1.71. The van der Waals surface area contributed by atoms with Crippen LogP contribution in [0.5, 0.6) is 0 Å². The van der Waals surface area contributed by atoms with Crippen molar-refractivity contribution in [3.05, 3.63) is 71.0 Å². The minimum Gasteiger partial charge on any atom is -0.326 e. The lowest BCUT2D eigenvalue weighted by atomic mass is 9.98. The highest BCUT2D eigenvalue weighted by molar-refractivity contribution is 5.24. The van der Waals surface area contributed by atoms with Crippen molar-refractivity contribution in [3.63, 3.8) is 0 Å². The molecule has 0 heterocycles. The summed E-state index contributed by atoms with van der Waals surface area (Å²) in [5.74, 6) is -0.220. The summed E-state index contributed by atoms with van der Waals surface area (Å²) in [7, 11) is 2.03. The smallest absolute Gasteiger partial charge is 0.123 e. The molecule has 2 N–H and O–H groups in total. The minimum absolute atomic E-state index is 0.0128. The number of hydrogen-bond acceptors (Lipinski definition) is 2. The van der Waals surface area contributed by atoms with E-state index >= 15 is 0 Å². The van der Waals surface area contributed by atoms with Crippen molar-refractivity contribution in [3.8, 4) is 0 Å². The summed E-state index contributed by atoms with van der Waals surface area (Å²) in [5, 5.41) is 0. The van der Waals surface area contributed by atoms with Gasteiger partial charge in [-0.3, -0.25) is 4.90 Å². The molecular formula is C18H23FN2. The lowest BCUT2D eigenvalue weighted by Crippen LogP contribution is -2.37. The lowest BCUT2D eigenvalue weighted by molar-refractivity contribution is 0.210. The molecule has 0 saturated carbocycles. The zero-order valence-electron chi connectivity index (χ0n) is 12.9. The van der Waals surface area contributed by atoms with Crippen LogP contribution in [0.1, 0.15) is 29.7 Å². The van der Waals surface area contributed by atoms with Gasteiger partial charge in [0.2, 0.25) is 0 Å². The third kappa shape index (κ3) is 4.13. The maximum absolute atomic E-state index is 13.5. The molecule has 3 heteroatoms. The summed E-state index contributed by atoms with van der Waals surface area (Å²) >= 11 is 0. The van der Waals surface area contributed by atoms with Gasteiger partial charge in [-0.25, -0.2) is 4.39 Å². The quantitative estimate of drug-likeness (QED) is 0.909. The molecule has 2 unspecified atom stereocenters. The largest absolute Gasteiger partial charge is 0.326 e. The number of aryl methyl sites for hydroxylation is 1. The second-order valence-corrected chi connectivity index (χ2v) is 5.76. The van der Waals surface area contributed by atoms with Crippen molar-refractivity contribution >= 4 is 0 Å². The Kier molecular flexibility index (Phi) is 5.10. The van der Waals surface area contributed by atoms with E-state index in [9.17, 15) is 4.39 Å². The van der Waals surface area contributed by atoms with Gasteiger partial charge in [0, 0.05) is 18.6 Å². The fourth-order valence-electron chi connectivity index (χ4n) is 2.85. The first-order valence-corrected chi connectivity index (χ1v) is 7.24. The molecule has 0 aliphatic heterocycles. The fraction of sp³-hybridized carbons (Fsp3) is 0.333. The Bertz CT molecular complexity index is 595. The average Bonchev–Trinajstić information content (AvgIpc) is 2.38. The van der Waals surface area contributed by atoms with Gasteiger partial charge in [-0.05, 0) is 44.2 Å². The lowest BCUT2D eigenvalue weighted by Gasteiger charge is -2.31. The summed E-state index contributed by atoms with van der Waals surface area (Å²) in [6, 6.07) is 15.0. The summed E-state index contributed by atoms with van der Waals surface area (Å²) < 4.78 is 13.5. The molecule has 21 heavy (non-hydrogen) atoms. The Morgan fingerprint density at radius 3 is 2.48 bits per heavy atom.